The highest BCUT2D eigenvalue weighted by Crippen LogP contribution is 2.66. The van der Waals surface area contributed by atoms with E-state index in [1.807, 2.05) is 0 Å². The Hall–Kier alpha value is 0.217. The van der Waals surface area contributed by atoms with Crippen molar-refractivity contribution in [1.29, 1.82) is 0 Å². The van der Waals surface area contributed by atoms with Crippen LogP contribution in [-0.4, -0.2) is 8.07 Å². The highest BCUT2D eigenvalue weighted by molar-refractivity contribution is 6.80. The zero-order valence-electron chi connectivity index (χ0n) is 20.6. The largest absolute Gasteiger partial charge is 0.0689 e. The lowest BCUT2D eigenvalue weighted by atomic mass is 9.67. The van der Waals surface area contributed by atoms with Crippen LogP contribution >= 0.6 is 0 Å². The second kappa shape index (κ2) is 7.63. The van der Waals surface area contributed by atoms with Crippen molar-refractivity contribution in [2.75, 3.05) is 0 Å². The molecule has 6 rings (SSSR count). The van der Waals surface area contributed by atoms with Crippen molar-refractivity contribution in [3.8, 4) is 0 Å². The first-order valence-corrected chi connectivity index (χ1v) is 17.6. The molecule has 0 spiro atoms. The summed E-state index contributed by atoms with van der Waals surface area (Å²) < 4.78 is 0. The molecule has 0 aromatic heterocycles. The number of hydrogen-bond acceptors (Lipinski definition) is 0. The van der Waals surface area contributed by atoms with Gasteiger partial charge in [-0.3, -0.25) is 0 Å². The van der Waals surface area contributed by atoms with E-state index >= 15 is 0 Å². The van der Waals surface area contributed by atoms with Gasteiger partial charge in [0.2, 0.25) is 0 Å². The van der Waals surface area contributed by atoms with Crippen LogP contribution in [-0.2, 0) is 0 Å². The molecule has 11 atom stereocenters. The maximum Gasteiger partial charge on any atom is 0.0541 e. The zero-order chi connectivity index (χ0) is 20.6. The van der Waals surface area contributed by atoms with E-state index in [0.717, 1.165) is 59.2 Å². The monoisotopic (exact) mass is 426 g/mol. The van der Waals surface area contributed by atoms with Gasteiger partial charge in [-0.1, -0.05) is 78.3 Å². The van der Waals surface area contributed by atoms with Crippen LogP contribution in [0.25, 0.3) is 0 Å². The number of rotatable bonds is 3. The third kappa shape index (κ3) is 3.17. The van der Waals surface area contributed by atoms with Crippen molar-refractivity contribution in [3.63, 3.8) is 0 Å². The maximum absolute atomic E-state index is 2.92. The predicted octanol–water partition coefficient (Wildman–Crippen LogP) is 8.79. The molecule has 0 heterocycles. The molecule has 0 aromatic rings. The van der Waals surface area contributed by atoms with Crippen LogP contribution < -0.4 is 0 Å². The summed E-state index contributed by atoms with van der Waals surface area (Å²) in [5.41, 5.74) is 2.35. The van der Waals surface area contributed by atoms with Crippen molar-refractivity contribution in [2.45, 2.75) is 121 Å². The summed E-state index contributed by atoms with van der Waals surface area (Å²) >= 11 is 0. The van der Waals surface area contributed by atoms with Gasteiger partial charge in [-0.25, -0.2) is 0 Å². The quantitative estimate of drug-likeness (QED) is 0.395. The van der Waals surface area contributed by atoms with Crippen molar-refractivity contribution in [1.82, 2.24) is 0 Å². The summed E-state index contributed by atoms with van der Waals surface area (Å²) in [4.78, 5) is 0. The summed E-state index contributed by atoms with van der Waals surface area (Å²) in [5, 5.41) is 0. The standard InChI is InChI=1S/C29H50Si/c1-18(2)24-17-29(27-16-22-10-6-9-21(22)15-26(24)27)30(3,4)28-12-11-23-13-19-7-5-8-20(19)14-25(23)28/h18-29H,5-17H2,1-4H3. The van der Waals surface area contributed by atoms with E-state index in [0.29, 0.717) is 0 Å². The van der Waals surface area contributed by atoms with E-state index in [1.54, 1.807) is 83.5 Å². The van der Waals surface area contributed by atoms with Crippen LogP contribution in [0.5, 0.6) is 0 Å². The molecule has 0 N–H and O–H groups in total. The first-order chi connectivity index (χ1) is 14.4. The van der Waals surface area contributed by atoms with Crippen LogP contribution in [0.2, 0.25) is 24.2 Å². The van der Waals surface area contributed by atoms with Crippen LogP contribution in [0.1, 0.15) is 97.3 Å². The van der Waals surface area contributed by atoms with Gasteiger partial charge in [-0.2, -0.15) is 0 Å². The first kappa shape index (κ1) is 20.8. The Bertz CT molecular complexity index is 636. The first-order valence-electron chi connectivity index (χ1n) is 14.4. The van der Waals surface area contributed by atoms with E-state index in [-0.39, 0.29) is 0 Å². The fourth-order valence-corrected chi connectivity index (χ4v) is 16.8. The van der Waals surface area contributed by atoms with Gasteiger partial charge in [0.1, 0.15) is 0 Å². The molecule has 0 nitrogen and oxygen atoms in total. The second-order valence-electron chi connectivity index (χ2n) is 14.4. The Morgan fingerprint density at radius 1 is 0.533 bits per heavy atom. The third-order valence-electron chi connectivity index (χ3n) is 12.8. The minimum Gasteiger partial charge on any atom is -0.0689 e. The van der Waals surface area contributed by atoms with Crippen molar-refractivity contribution in [2.24, 2.45) is 59.2 Å². The second-order valence-corrected chi connectivity index (χ2v) is 19.5. The van der Waals surface area contributed by atoms with E-state index in [9.17, 15) is 0 Å². The van der Waals surface area contributed by atoms with Crippen LogP contribution in [0.4, 0.5) is 0 Å². The van der Waals surface area contributed by atoms with Crippen LogP contribution in [0, 0.1) is 59.2 Å². The molecule has 0 aliphatic heterocycles. The summed E-state index contributed by atoms with van der Waals surface area (Å²) in [6, 6.07) is 0. The molecular weight excluding hydrogens is 376 g/mol. The van der Waals surface area contributed by atoms with Gasteiger partial charge < -0.3 is 0 Å². The van der Waals surface area contributed by atoms with Crippen LogP contribution in [0.15, 0.2) is 0 Å². The normalized spacial score (nSPS) is 52.9. The molecule has 170 valence electrons. The molecule has 30 heavy (non-hydrogen) atoms. The van der Waals surface area contributed by atoms with Crippen molar-refractivity contribution in [3.05, 3.63) is 0 Å². The smallest absolute Gasteiger partial charge is 0.0541 e. The zero-order valence-corrected chi connectivity index (χ0v) is 21.6. The van der Waals surface area contributed by atoms with Gasteiger partial charge in [-0.15, -0.1) is 0 Å². The number of hydrogen-bond donors (Lipinski definition) is 0. The SMILES string of the molecule is CC(C)C1CC([Si](C)(C)C2CCC3CC4CCCC4CC32)C2CC3CCCC3CC12. The van der Waals surface area contributed by atoms with Crippen molar-refractivity contribution >= 4 is 8.07 Å². The molecule has 11 unspecified atom stereocenters. The fraction of sp³-hybridized carbons (Fsp3) is 1.00. The Morgan fingerprint density at radius 3 is 1.73 bits per heavy atom. The Kier molecular flexibility index (Phi) is 5.29. The average molecular weight is 427 g/mol. The fourth-order valence-electron chi connectivity index (χ4n) is 11.5. The predicted molar refractivity (Wildman–Crippen MR) is 131 cm³/mol. The maximum atomic E-state index is 2.92. The van der Waals surface area contributed by atoms with Gasteiger partial charge >= 0.3 is 0 Å². The lowest BCUT2D eigenvalue weighted by Gasteiger charge is -2.47. The summed E-state index contributed by atoms with van der Waals surface area (Å²) in [6.07, 6.45) is 21.0. The molecule has 0 bridgehead atoms. The van der Waals surface area contributed by atoms with Gasteiger partial charge in [-0.05, 0) is 102 Å². The summed E-state index contributed by atoms with van der Waals surface area (Å²) in [6.45, 7) is 11.0. The summed E-state index contributed by atoms with van der Waals surface area (Å²) in [5.74, 6) is 11.1. The lowest BCUT2D eigenvalue weighted by molar-refractivity contribution is 0.113. The van der Waals surface area contributed by atoms with E-state index in [1.165, 1.54) is 11.1 Å². The topological polar surface area (TPSA) is 0 Å². The van der Waals surface area contributed by atoms with Gasteiger partial charge in [0.25, 0.3) is 0 Å². The molecule has 0 saturated heterocycles. The third-order valence-corrected chi connectivity index (χ3v) is 18.0. The molecule has 0 amide bonds. The summed E-state index contributed by atoms with van der Waals surface area (Å²) in [7, 11) is -1.23. The minimum absolute atomic E-state index is 0.926. The molecule has 0 aromatic carbocycles. The average Bonchev–Trinajstić information content (AvgIpc) is 3.47. The van der Waals surface area contributed by atoms with E-state index in [2.05, 4.69) is 26.9 Å². The van der Waals surface area contributed by atoms with E-state index in [4.69, 9.17) is 0 Å². The van der Waals surface area contributed by atoms with Crippen molar-refractivity contribution < 1.29 is 0 Å². The van der Waals surface area contributed by atoms with Crippen LogP contribution in [0.3, 0.4) is 0 Å². The Balaban J connectivity index is 1.25. The lowest BCUT2D eigenvalue weighted by Crippen LogP contribution is -2.45. The Labute approximate surface area is 188 Å². The molecule has 1 heteroatoms. The Morgan fingerprint density at radius 2 is 1.10 bits per heavy atom. The highest BCUT2D eigenvalue weighted by atomic mass is 28.3. The van der Waals surface area contributed by atoms with E-state index < -0.39 is 8.07 Å². The molecule has 6 fully saturated rings. The number of fused-ring (bicyclic) bond motifs is 4. The molecular formula is C29H50Si. The highest BCUT2D eigenvalue weighted by Gasteiger charge is 2.59. The van der Waals surface area contributed by atoms with Gasteiger partial charge in [0.05, 0.1) is 8.07 Å². The molecule has 6 aliphatic rings. The van der Waals surface area contributed by atoms with Gasteiger partial charge in [0, 0.05) is 0 Å². The molecule has 6 aliphatic carbocycles. The minimum atomic E-state index is -1.23. The van der Waals surface area contributed by atoms with Gasteiger partial charge in [0.15, 0.2) is 0 Å². The molecule has 0 radical (unpaired) electrons. The molecule has 6 saturated carbocycles.